The molecule has 7 heteroatoms. The lowest BCUT2D eigenvalue weighted by Gasteiger charge is -2.08. The Bertz CT molecular complexity index is 602. The Hall–Kier alpha value is -2.18. The van der Waals surface area contributed by atoms with Crippen molar-refractivity contribution in [2.75, 3.05) is 0 Å². The van der Waals surface area contributed by atoms with Crippen molar-refractivity contribution >= 4 is 5.91 Å². The third-order valence-electron chi connectivity index (χ3n) is 3.14. The Morgan fingerprint density at radius 2 is 2.11 bits per heavy atom. The van der Waals surface area contributed by atoms with Gasteiger partial charge in [0.1, 0.15) is 5.76 Å². The second-order valence-corrected chi connectivity index (χ2v) is 4.56. The number of amides is 1. The van der Waals surface area contributed by atoms with E-state index in [0.29, 0.717) is 17.4 Å². The van der Waals surface area contributed by atoms with Gasteiger partial charge in [-0.15, -0.1) is 0 Å². The van der Waals surface area contributed by atoms with E-state index in [4.69, 9.17) is 9.05 Å². The molecule has 1 amide bonds. The molecule has 0 unspecified atom stereocenters. The fraction of sp³-hybridized carbons (Fsp3) is 0.500. The molecule has 0 aromatic carbocycles. The third-order valence-corrected chi connectivity index (χ3v) is 3.14. The average Bonchev–Trinajstić information content (AvgIpc) is 3.02. The summed E-state index contributed by atoms with van der Waals surface area (Å²) in [5, 5.41) is 10.2. The summed E-state index contributed by atoms with van der Waals surface area (Å²) >= 11 is 0. The summed E-state index contributed by atoms with van der Waals surface area (Å²) in [6.07, 6.45) is 3.86. The van der Waals surface area contributed by atoms with Crippen LogP contribution >= 0.6 is 0 Å². The van der Waals surface area contributed by atoms with E-state index in [-0.39, 0.29) is 12.5 Å². The van der Waals surface area contributed by atoms with Gasteiger partial charge in [0, 0.05) is 12.0 Å². The first kappa shape index (κ1) is 11.9. The van der Waals surface area contributed by atoms with Crippen molar-refractivity contribution in [1.82, 2.24) is 20.6 Å². The van der Waals surface area contributed by atoms with Crippen molar-refractivity contribution < 1.29 is 13.8 Å². The predicted octanol–water partition coefficient (Wildman–Crippen LogP) is 1.17. The number of aryl methyl sites for hydroxylation is 2. The molecule has 1 N–H and O–H groups in total. The first-order chi connectivity index (χ1) is 9.24. The van der Waals surface area contributed by atoms with Crippen molar-refractivity contribution in [2.24, 2.45) is 0 Å². The second kappa shape index (κ2) is 4.83. The summed E-state index contributed by atoms with van der Waals surface area (Å²) in [7, 11) is 0. The lowest BCUT2D eigenvalue weighted by molar-refractivity contribution is 0.0936. The molecule has 0 spiro atoms. The van der Waals surface area contributed by atoms with Gasteiger partial charge < -0.3 is 14.4 Å². The summed E-state index contributed by atoms with van der Waals surface area (Å²) in [5.41, 5.74) is 1.32. The highest BCUT2D eigenvalue weighted by atomic mass is 16.5. The molecule has 2 heterocycles. The van der Waals surface area contributed by atoms with Crippen LogP contribution in [0.4, 0.5) is 0 Å². The average molecular weight is 262 g/mol. The standard InChI is InChI=1S/C12H14N4O3/c1-7-14-10(19-15-7)6-13-12(17)11-8-4-2-3-5-9(8)18-16-11/h2-6H2,1H3,(H,13,17). The molecule has 0 bridgehead atoms. The van der Waals surface area contributed by atoms with Crippen LogP contribution in [0.15, 0.2) is 9.05 Å². The van der Waals surface area contributed by atoms with Crippen molar-refractivity contribution in [1.29, 1.82) is 0 Å². The first-order valence-corrected chi connectivity index (χ1v) is 6.29. The van der Waals surface area contributed by atoms with Crippen molar-refractivity contribution in [3.8, 4) is 0 Å². The fourth-order valence-electron chi connectivity index (χ4n) is 2.21. The van der Waals surface area contributed by atoms with Gasteiger partial charge in [0.05, 0.1) is 6.54 Å². The van der Waals surface area contributed by atoms with Crippen LogP contribution in [0.2, 0.25) is 0 Å². The summed E-state index contributed by atoms with van der Waals surface area (Å²) in [6, 6.07) is 0. The number of fused-ring (bicyclic) bond motifs is 1. The molecule has 7 nitrogen and oxygen atoms in total. The van der Waals surface area contributed by atoms with E-state index in [1.165, 1.54) is 0 Å². The molecule has 1 aliphatic carbocycles. The van der Waals surface area contributed by atoms with Gasteiger partial charge in [-0.25, -0.2) is 0 Å². The molecule has 0 saturated heterocycles. The highest BCUT2D eigenvalue weighted by Gasteiger charge is 2.24. The zero-order chi connectivity index (χ0) is 13.2. The summed E-state index contributed by atoms with van der Waals surface area (Å²) < 4.78 is 10.1. The van der Waals surface area contributed by atoms with Gasteiger partial charge in [-0.2, -0.15) is 4.98 Å². The minimum Gasteiger partial charge on any atom is -0.360 e. The number of carbonyl (C=O) groups is 1. The van der Waals surface area contributed by atoms with Gasteiger partial charge in [-0.1, -0.05) is 10.3 Å². The van der Waals surface area contributed by atoms with Crippen LogP contribution in [0.5, 0.6) is 0 Å². The molecule has 19 heavy (non-hydrogen) atoms. The monoisotopic (exact) mass is 262 g/mol. The highest BCUT2D eigenvalue weighted by Crippen LogP contribution is 2.24. The number of carbonyl (C=O) groups excluding carboxylic acids is 1. The molecule has 100 valence electrons. The number of nitrogens with one attached hydrogen (secondary N) is 1. The smallest absolute Gasteiger partial charge is 0.274 e. The SMILES string of the molecule is Cc1noc(CNC(=O)c2noc3c2CCCC3)n1. The lowest BCUT2D eigenvalue weighted by atomic mass is 9.96. The zero-order valence-corrected chi connectivity index (χ0v) is 10.6. The van der Waals surface area contributed by atoms with Crippen molar-refractivity contribution in [3.05, 3.63) is 28.7 Å². The Morgan fingerprint density at radius 3 is 2.89 bits per heavy atom. The Kier molecular flexibility index (Phi) is 3.02. The van der Waals surface area contributed by atoms with Gasteiger partial charge in [0.15, 0.2) is 11.5 Å². The van der Waals surface area contributed by atoms with Crippen LogP contribution in [0.25, 0.3) is 0 Å². The van der Waals surface area contributed by atoms with E-state index in [1.807, 2.05) is 0 Å². The van der Waals surface area contributed by atoms with Crippen LogP contribution in [0, 0.1) is 6.92 Å². The molecule has 0 radical (unpaired) electrons. The van der Waals surface area contributed by atoms with Crippen LogP contribution in [-0.4, -0.2) is 21.2 Å². The molecule has 3 rings (SSSR count). The van der Waals surface area contributed by atoms with E-state index in [1.54, 1.807) is 6.92 Å². The molecular formula is C12H14N4O3. The fourth-order valence-corrected chi connectivity index (χ4v) is 2.21. The number of aromatic nitrogens is 3. The molecule has 2 aromatic rings. The van der Waals surface area contributed by atoms with Crippen LogP contribution < -0.4 is 5.32 Å². The number of nitrogens with zero attached hydrogens (tertiary/aromatic N) is 3. The van der Waals surface area contributed by atoms with Gasteiger partial charge in [-0.3, -0.25) is 4.79 Å². The minimum absolute atomic E-state index is 0.196. The molecule has 1 aliphatic rings. The van der Waals surface area contributed by atoms with E-state index >= 15 is 0 Å². The molecular weight excluding hydrogens is 248 g/mol. The van der Waals surface area contributed by atoms with Crippen molar-refractivity contribution in [3.63, 3.8) is 0 Å². The van der Waals surface area contributed by atoms with E-state index in [2.05, 4.69) is 20.6 Å². The maximum absolute atomic E-state index is 12.0. The largest absolute Gasteiger partial charge is 0.360 e. The molecule has 0 aliphatic heterocycles. The highest BCUT2D eigenvalue weighted by molar-refractivity contribution is 5.93. The maximum atomic E-state index is 12.0. The van der Waals surface area contributed by atoms with E-state index in [9.17, 15) is 4.79 Å². The second-order valence-electron chi connectivity index (χ2n) is 4.56. The molecule has 0 atom stereocenters. The van der Waals surface area contributed by atoms with Crippen LogP contribution in [-0.2, 0) is 19.4 Å². The van der Waals surface area contributed by atoms with Gasteiger partial charge in [-0.05, 0) is 26.2 Å². The van der Waals surface area contributed by atoms with Gasteiger partial charge in [0.25, 0.3) is 5.91 Å². The normalized spacial score (nSPS) is 14.2. The topological polar surface area (TPSA) is 94.1 Å². The van der Waals surface area contributed by atoms with E-state index < -0.39 is 0 Å². The van der Waals surface area contributed by atoms with Crippen LogP contribution in [0.1, 0.15) is 46.4 Å². The predicted molar refractivity (Wildman–Crippen MR) is 63.4 cm³/mol. The first-order valence-electron chi connectivity index (χ1n) is 6.29. The van der Waals surface area contributed by atoms with Gasteiger partial charge in [0.2, 0.25) is 5.89 Å². The maximum Gasteiger partial charge on any atom is 0.274 e. The van der Waals surface area contributed by atoms with Crippen LogP contribution in [0.3, 0.4) is 0 Å². The molecule has 0 fully saturated rings. The Balaban J connectivity index is 1.69. The third kappa shape index (κ3) is 2.35. The minimum atomic E-state index is -0.261. The Labute approximate surface area is 109 Å². The summed E-state index contributed by atoms with van der Waals surface area (Å²) in [5.74, 6) is 1.50. The van der Waals surface area contributed by atoms with Gasteiger partial charge >= 0.3 is 0 Å². The van der Waals surface area contributed by atoms with E-state index in [0.717, 1.165) is 37.0 Å². The molecule has 0 saturated carbocycles. The lowest BCUT2D eigenvalue weighted by Crippen LogP contribution is -2.24. The summed E-state index contributed by atoms with van der Waals surface area (Å²) in [4.78, 5) is 16.0. The number of hydrogen-bond donors (Lipinski definition) is 1. The summed E-state index contributed by atoms with van der Waals surface area (Å²) in [6.45, 7) is 1.92. The zero-order valence-electron chi connectivity index (χ0n) is 10.6. The van der Waals surface area contributed by atoms with Crippen molar-refractivity contribution in [2.45, 2.75) is 39.2 Å². The quantitative estimate of drug-likeness (QED) is 0.892. The number of rotatable bonds is 3. The Morgan fingerprint density at radius 1 is 1.26 bits per heavy atom. The number of hydrogen-bond acceptors (Lipinski definition) is 6. The molecule has 2 aromatic heterocycles.